The summed E-state index contributed by atoms with van der Waals surface area (Å²) in [7, 11) is 0. The Morgan fingerprint density at radius 3 is 3.00 bits per heavy atom. The molecule has 3 nitrogen and oxygen atoms in total. The minimum absolute atomic E-state index is 0.690. The Balaban J connectivity index is 2.28. The Labute approximate surface area is 100 Å². The molecule has 2 aromatic rings. The van der Waals surface area contributed by atoms with Crippen molar-refractivity contribution in [3.63, 3.8) is 0 Å². The van der Waals surface area contributed by atoms with Crippen molar-refractivity contribution in [3.05, 3.63) is 41.3 Å². The molecule has 0 fully saturated rings. The monoisotopic (exact) mass is 226 g/mol. The highest BCUT2D eigenvalue weighted by Crippen LogP contribution is 2.34. The van der Waals surface area contributed by atoms with Gasteiger partial charge in [0.15, 0.2) is 0 Å². The molecule has 0 radical (unpaired) electrons. The van der Waals surface area contributed by atoms with Crippen LogP contribution < -0.4 is 4.74 Å². The molecular formula is C14H14N2O. The van der Waals surface area contributed by atoms with Crippen LogP contribution in [0.1, 0.15) is 17.0 Å². The van der Waals surface area contributed by atoms with Gasteiger partial charge in [0.05, 0.1) is 12.3 Å². The third kappa shape index (κ3) is 1.78. The largest absolute Gasteiger partial charge is 0.493 e. The van der Waals surface area contributed by atoms with Crippen LogP contribution in [0.15, 0.2) is 24.4 Å². The predicted octanol–water partition coefficient (Wildman–Crippen LogP) is 2.70. The van der Waals surface area contributed by atoms with Gasteiger partial charge in [0.1, 0.15) is 11.6 Å². The quantitative estimate of drug-likeness (QED) is 0.692. The van der Waals surface area contributed by atoms with Crippen LogP contribution in [0.3, 0.4) is 0 Å². The summed E-state index contributed by atoms with van der Waals surface area (Å²) in [6.07, 6.45) is 2.78. The molecule has 0 amide bonds. The van der Waals surface area contributed by atoms with Gasteiger partial charge in [-0.2, -0.15) is 0 Å². The lowest BCUT2D eigenvalue weighted by Gasteiger charge is -2.08. The summed E-state index contributed by atoms with van der Waals surface area (Å²) < 4.78 is 5.76. The summed E-state index contributed by atoms with van der Waals surface area (Å²) >= 11 is 0. The SMILES string of the molecule is Cc1ccc2c(c1)-c1nc(C)ncc1CCO2. The van der Waals surface area contributed by atoms with E-state index in [-0.39, 0.29) is 0 Å². The third-order valence-corrected chi connectivity index (χ3v) is 3.00. The van der Waals surface area contributed by atoms with Gasteiger partial charge in [0.2, 0.25) is 0 Å². The first kappa shape index (κ1) is 10.3. The number of rotatable bonds is 0. The van der Waals surface area contributed by atoms with Gasteiger partial charge in [0.25, 0.3) is 0 Å². The van der Waals surface area contributed by atoms with E-state index in [1.807, 2.05) is 19.2 Å². The molecule has 0 saturated heterocycles. The van der Waals surface area contributed by atoms with Crippen LogP contribution in [0.2, 0.25) is 0 Å². The zero-order valence-electron chi connectivity index (χ0n) is 10.0. The standard InChI is InChI=1S/C14H14N2O/c1-9-3-4-13-12(7-9)14-11(5-6-17-13)8-15-10(2)16-14/h3-4,7-8H,5-6H2,1-2H3. The Bertz CT molecular complexity index is 527. The smallest absolute Gasteiger partial charge is 0.128 e. The first-order valence-corrected chi connectivity index (χ1v) is 5.80. The summed E-state index contributed by atoms with van der Waals surface area (Å²) in [4.78, 5) is 8.83. The molecule has 1 aromatic heterocycles. The summed E-state index contributed by atoms with van der Waals surface area (Å²) in [6, 6.07) is 6.22. The van der Waals surface area contributed by atoms with Gasteiger partial charge in [0, 0.05) is 23.7 Å². The predicted molar refractivity (Wildman–Crippen MR) is 66.1 cm³/mol. The van der Waals surface area contributed by atoms with E-state index in [9.17, 15) is 0 Å². The molecule has 1 aromatic carbocycles. The Morgan fingerprint density at radius 2 is 2.12 bits per heavy atom. The average molecular weight is 226 g/mol. The van der Waals surface area contributed by atoms with Crippen LogP contribution >= 0.6 is 0 Å². The summed E-state index contributed by atoms with van der Waals surface area (Å²) in [5.41, 5.74) is 4.49. The Hall–Kier alpha value is -1.90. The highest BCUT2D eigenvalue weighted by Gasteiger charge is 2.17. The van der Waals surface area contributed by atoms with Crippen molar-refractivity contribution in [2.45, 2.75) is 20.3 Å². The van der Waals surface area contributed by atoms with Crippen LogP contribution in [-0.2, 0) is 6.42 Å². The van der Waals surface area contributed by atoms with Gasteiger partial charge in [-0.1, -0.05) is 11.6 Å². The molecule has 0 aliphatic carbocycles. The molecule has 1 aliphatic heterocycles. The second-order valence-corrected chi connectivity index (χ2v) is 4.39. The maximum absolute atomic E-state index is 5.76. The lowest BCUT2D eigenvalue weighted by Crippen LogP contribution is -2.00. The fraction of sp³-hybridized carbons (Fsp3) is 0.286. The normalized spacial score (nSPS) is 13.3. The van der Waals surface area contributed by atoms with Gasteiger partial charge in [-0.25, -0.2) is 9.97 Å². The highest BCUT2D eigenvalue weighted by molar-refractivity contribution is 5.71. The summed E-state index contributed by atoms with van der Waals surface area (Å²) in [6.45, 7) is 4.69. The first-order valence-electron chi connectivity index (χ1n) is 5.80. The highest BCUT2D eigenvalue weighted by atomic mass is 16.5. The molecular weight excluding hydrogens is 212 g/mol. The molecule has 0 atom stereocenters. The van der Waals surface area contributed by atoms with Gasteiger partial charge >= 0.3 is 0 Å². The molecule has 0 bridgehead atoms. The van der Waals surface area contributed by atoms with E-state index in [4.69, 9.17) is 4.74 Å². The zero-order chi connectivity index (χ0) is 11.8. The second-order valence-electron chi connectivity index (χ2n) is 4.39. The number of nitrogens with zero attached hydrogens (tertiary/aromatic N) is 2. The van der Waals surface area contributed by atoms with Crippen LogP contribution in [-0.4, -0.2) is 16.6 Å². The number of ether oxygens (including phenoxy) is 1. The van der Waals surface area contributed by atoms with Crippen molar-refractivity contribution in [1.29, 1.82) is 0 Å². The molecule has 3 heteroatoms. The zero-order valence-corrected chi connectivity index (χ0v) is 10.0. The van der Waals surface area contributed by atoms with Crippen LogP contribution in [0, 0.1) is 13.8 Å². The third-order valence-electron chi connectivity index (χ3n) is 3.00. The molecule has 3 rings (SSSR count). The molecule has 86 valence electrons. The molecule has 2 heterocycles. The molecule has 0 N–H and O–H groups in total. The molecule has 17 heavy (non-hydrogen) atoms. The van der Waals surface area contributed by atoms with E-state index in [2.05, 4.69) is 29.0 Å². The fourth-order valence-electron chi connectivity index (χ4n) is 2.14. The van der Waals surface area contributed by atoms with Crippen molar-refractivity contribution >= 4 is 0 Å². The van der Waals surface area contributed by atoms with Gasteiger partial charge in [-0.15, -0.1) is 0 Å². The molecule has 0 spiro atoms. The minimum atomic E-state index is 0.690. The number of aromatic nitrogens is 2. The van der Waals surface area contributed by atoms with E-state index in [0.29, 0.717) is 6.61 Å². The maximum atomic E-state index is 5.76. The van der Waals surface area contributed by atoms with Crippen molar-refractivity contribution in [1.82, 2.24) is 9.97 Å². The summed E-state index contributed by atoms with van der Waals surface area (Å²) in [5.74, 6) is 1.73. The van der Waals surface area contributed by atoms with Gasteiger partial charge in [-0.3, -0.25) is 0 Å². The molecule has 1 aliphatic rings. The maximum Gasteiger partial charge on any atom is 0.128 e. The van der Waals surface area contributed by atoms with Crippen molar-refractivity contribution in [3.8, 4) is 17.0 Å². The van der Waals surface area contributed by atoms with E-state index in [0.717, 1.165) is 29.3 Å². The Morgan fingerprint density at radius 1 is 1.24 bits per heavy atom. The molecule has 0 saturated carbocycles. The lowest BCUT2D eigenvalue weighted by atomic mass is 10.0. The number of hydrogen-bond donors (Lipinski definition) is 0. The minimum Gasteiger partial charge on any atom is -0.493 e. The fourth-order valence-corrected chi connectivity index (χ4v) is 2.14. The number of hydrogen-bond acceptors (Lipinski definition) is 3. The van der Waals surface area contributed by atoms with E-state index in [1.165, 1.54) is 11.1 Å². The topological polar surface area (TPSA) is 35.0 Å². The van der Waals surface area contributed by atoms with Gasteiger partial charge in [-0.05, 0) is 26.0 Å². The van der Waals surface area contributed by atoms with E-state index < -0.39 is 0 Å². The average Bonchev–Trinajstić information content (AvgIpc) is 2.48. The second kappa shape index (κ2) is 3.84. The Kier molecular flexibility index (Phi) is 2.32. The number of aryl methyl sites for hydroxylation is 2. The summed E-state index contributed by atoms with van der Waals surface area (Å²) in [5, 5.41) is 0. The van der Waals surface area contributed by atoms with Crippen LogP contribution in [0.4, 0.5) is 0 Å². The van der Waals surface area contributed by atoms with Crippen molar-refractivity contribution < 1.29 is 4.74 Å². The lowest BCUT2D eigenvalue weighted by molar-refractivity contribution is 0.326. The van der Waals surface area contributed by atoms with Crippen molar-refractivity contribution in [2.24, 2.45) is 0 Å². The first-order chi connectivity index (χ1) is 8.24. The number of benzene rings is 1. The van der Waals surface area contributed by atoms with E-state index >= 15 is 0 Å². The van der Waals surface area contributed by atoms with Crippen LogP contribution in [0.5, 0.6) is 5.75 Å². The van der Waals surface area contributed by atoms with E-state index in [1.54, 1.807) is 0 Å². The van der Waals surface area contributed by atoms with Crippen LogP contribution in [0.25, 0.3) is 11.3 Å². The number of fused-ring (bicyclic) bond motifs is 3. The van der Waals surface area contributed by atoms with Crippen molar-refractivity contribution in [2.75, 3.05) is 6.61 Å². The van der Waals surface area contributed by atoms with Gasteiger partial charge < -0.3 is 4.74 Å². The molecule has 0 unspecified atom stereocenters.